The summed E-state index contributed by atoms with van der Waals surface area (Å²) in [6.07, 6.45) is 5.12. The standard InChI is InChI=1S/C99H164O6.H4O5P2/c1-41-85(13,14)63-53-67(89(21,22)45-5)75(68(54-63)90(23,24)46-6)79-99(80(103-83(102-79)97(37,38)61-100)76-69(91(25,26)47-7)55-64(86(15,16)42-2)56-70(76)92(27,28)48-8)81(77-71(93(29,30)49-9)57-65(87(17,18)43-3)58-72(77)94(31,32)50-10)104-84(98(39,40)62-101)105-82(99)78-73(95(33,34)51-11)59-66(88(19,20)44-4)60-74(78)96(35,36)52-12;1-6(2)5-7(3)4/h53-60,79-84,100-101H,41-52,61-62H2,1-40H3;1-4H. The van der Waals surface area contributed by atoms with Gasteiger partial charge >= 0.3 is 17.2 Å². The van der Waals surface area contributed by atoms with Gasteiger partial charge < -0.3 is 48.7 Å². The molecule has 0 aromatic heterocycles. The molecule has 11 nitrogen and oxygen atoms in total. The van der Waals surface area contributed by atoms with Crippen LogP contribution in [0.2, 0.25) is 0 Å². The van der Waals surface area contributed by atoms with E-state index in [1.807, 2.05) is 0 Å². The largest absolute Gasteiger partial charge is 0.396 e. The number of hydrogen-bond donors (Lipinski definition) is 6. The molecule has 6 rings (SSSR count). The molecule has 2 saturated heterocycles. The van der Waals surface area contributed by atoms with Gasteiger partial charge in [0.1, 0.15) is 24.4 Å². The zero-order chi connectivity index (χ0) is 86.4. The number of benzene rings is 4. The molecule has 2 aliphatic rings. The van der Waals surface area contributed by atoms with Gasteiger partial charge in [-0.2, -0.15) is 0 Å². The summed E-state index contributed by atoms with van der Waals surface area (Å²) in [6.45, 7) is 96.3. The Morgan fingerprint density at radius 3 is 0.491 bits per heavy atom. The molecular weight excluding hydrogens is 1430 g/mol. The summed E-state index contributed by atoms with van der Waals surface area (Å²) in [5.41, 5.74) is 12.7. The molecule has 2 fully saturated rings. The molecule has 0 aliphatic carbocycles. The van der Waals surface area contributed by atoms with Gasteiger partial charge in [-0.25, -0.2) is 4.31 Å². The molecule has 0 bridgehead atoms. The first-order chi connectivity index (χ1) is 51.0. The zero-order valence-corrected chi connectivity index (χ0v) is 80.9. The van der Waals surface area contributed by atoms with E-state index in [4.69, 9.17) is 38.5 Å². The summed E-state index contributed by atoms with van der Waals surface area (Å²) in [4.78, 5) is 31.3. The van der Waals surface area contributed by atoms with E-state index in [0.717, 1.165) is 77.0 Å². The highest BCUT2D eigenvalue weighted by atomic mass is 31.2. The molecule has 4 atom stereocenters. The fourth-order valence-electron chi connectivity index (χ4n) is 16.2. The molecule has 1 spiro atoms. The lowest BCUT2D eigenvalue weighted by molar-refractivity contribution is -0.432. The maximum atomic E-state index is 12.6. The Balaban J connectivity index is 0.00000305. The van der Waals surface area contributed by atoms with Gasteiger partial charge in [-0.1, -0.05) is 325 Å². The Morgan fingerprint density at radius 1 is 0.259 bits per heavy atom. The Labute approximate surface area is 689 Å². The van der Waals surface area contributed by atoms with Crippen molar-refractivity contribution in [2.75, 3.05) is 13.2 Å². The average Bonchev–Trinajstić information content (AvgIpc) is 0.667. The van der Waals surface area contributed by atoms with Crippen LogP contribution in [0.3, 0.4) is 0 Å². The molecule has 0 amide bonds. The van der Waals surface area contributed by atoms with Crippen molar-refractivity contribution in [2.24, 2.45) is 16.2 Å². The third kappa shape index (κ3) is 19.8. The van der Waals surface area contributed by atoms with Crippen molar-refractivity contribution in [3.8, 4) is 0 Å². The zero-order valence-electron chi connectivity index (χ0n) is 79.1. The van der Waals surface area contributed by atoms with Crippen LogP contribution < -0.4 is 0 Å². The maximum Gasteiger partial charge on any atom is 0.334 e. The summed E-state index contributed by atoms with van der Waals surface area (Å²) in [5.74, 6) is 0. The van der Waals surface area contributed by atoms with Crippen molar-refractivity contribution < 1.29 is 53.0 Å². The minimum Gasteiger partial charge on any atom is -0.396 e. The predicted molar refractivity (Wildman–Crippen MR) is 476 cm³/mol. The normalized spacial score (nSPS) is 20.8. The van der Waals surface area contributed by atoms with Crippen LogP contribution in [-0.2, 0) is 88.2 Å². The maximum absolute atomic E-state index is 12.6. The van der Waals surface area contributed by atoms with Gasteiger partial charge in [-0.3, -0.25) is 0 Å². The summed E-state index contributed by atoms with van der Waals surface area (Å²) >= 11 is 0. The van der Waals surface area contributed by atoms with E-state index >= 15 is 0 Å². The number of hydrogen-bond acceptors (Lipinski definition) is 11. The first-order valence-corrected chi connectivity index (χ1v) is 46.0. The minimum absolute atomic E-state index is 0.193. The Morgan fingerprint density at radius 2 is 0.393 bits per heavy atom. The quantitative estimate of drug-likeness (QED) is 0.0246. The van der Waals surface area contributed by atoms with Crippen LogP contribution in [0.1, 0.15) is 467 Å². The van der Waals surface area contributed by atoms with E-state index in [1.54, 1.807) is 0 Å². The fourth-order valence-corrected chi connectivity index (χ4v) is 16.7. The van der Waals surface area contributed by atoms with Gasteiger partial charge in [0.15, 0.2) is 12.6 Å². The Hall–Kier alpha value is -2.70. The molecule has 0 saturated carbocycles. The van der Waals surface area contributed by atoms with Gasteiger partial charge in [0.2, 0.25) is 0 Å². The molecular formula is C99H168O11P2. The summed E-state index contributed by atoms with van der Waals surface area (Å²) in [7, 11) is -5.22. The molecule has 4 aromatic carbocycles. The molecule has 13 heteroatoms. The van der Waals surface area contributed by atoms with Crippen LogP contribution in [-0.4, -0.2) is 55.6 Å². The number of aliphatic hydroxyl groups excluding tert-OH is 2. The lowest BCUT2D eigenvalue weighted by atomic mass is 9.52. The van der Waals surface area contributed by atoms with E-state index < -0.39 is 114 Å². The van der Waals surface area contributed by atoms with Gasteiger partial charge in [-0.05, 0) is 231 Å². The minimum atomic E-state index is -2.61. The monoisotopic (exact) mass is 1600 g/mol. The topological polar surface area (TPSA) is 168 Å². The summed E-state index contributed by atoms with van der Waals surface area (Å²) in [5, 5.41) is 25.1. The fraction of sp³-hybridized carbons (Fsp3) is 0.758. The van der Waals surface area contributed by atoms with Gasteiger partial charge in [-0.15, -0.1) is 0 Å². The van der Waals surface area contributed by atoms with Crippen molar-refractivity contribution in [1.29, 1.82) is 0 Å². The third-order valence-electron chi connectivity index (χ3n) is 30.4. The smallest absolute Gasteiger partial charge is 0.334 e. The molecule has 112 heavy (non-hydrogen) atoms. The Bertz CT molecular complexity index is 3180. The molecule has 640 valence electrons. The SMILES string of the molecule is CCC(C)(C)c1cc(C(C)(C)CC)c(C2OC(C(C)(C)CO)OC(c3c(C(C)(C)CC)cc(C(C)(C)CC)cc3C(C)(C)CC)C23C(c2c(C(C)(C)CC)cc(C(C)(C)CC)cc2C(C)(C)CC)OC(C(C)(C)CO)OC3c2c(C(C)(C)CC)cc(C(C)(C)CC)cc2C(C)(C)CC)c(C(C)(C)CC)c1.OP(O)OP(O)O. The van der Waals surface area contributed by atoms with Crippen molar-refractivity contribution in [1.82, 2.24) is 0 Å². The van der Waals surface area contributed by atoms with Gasteiger partial charge in [0.25, 0.3) is 0 Å². The van der Waals surface area contributed by atoms with E-state index in [1.165, 1.54) is 89.0 Å². The number of ether oxygens (including phenoxy) is 4. The van der Waals surface area contributed by atoms with Crippen molar-refractivity contribution in [3.63, 3.8) is 0 Å². The molecule has 2 aliphatic heterocycles. The second-order valence-electron chi connectivity index (χ2n) is 43.4. The first kappa shape index (κ1) is 99.9. The highest BCUT2D eigenvalue weighted by Crippen LogP contribution is 2.75. The summed E-state index contributed by atoms with van der Waals surface area (Å²) in [6, 6.07) is 21.1. The Kier molecular flexibility index (Phi) is 32.0. The van der Waals surface area contributed by atoms with Crippen molar-refractivity contribution >= 4 is 17.2 Å². The predicted octanol–water partition coefficient (Wildman–Crippen LogP) is 27.4. The van der Waals surface area contributed by atoms with Crippen LogP contribution in [0.25, 0.3) is 0 Å². The molecule has 6 N–H and O–H groups in total. The lowest BCUT2D eigenvalue weighted by Crippen LogP contribution is -2.62. The molecule has 4 aromatic rings. The summed E-state index contributed by atoms with van der Waals surface area (Å²) < 4.78 is 39.8. The third-order valence-corrected chi connectivity index (χ3v) is 31.6. The van der Waals surface area contributed by atoms with Crippen LogP contribution in [0.4, 0.5) is 0 Å². The van der Waals surface area contributed by atoms with Crippen LogP contribution in [0.5, 0.6) is 0 Å². The van der Waals surface area contributed by atoms with E-state index in [-0.39, 0.29) is 34.9 Å². The van der Waals surface area contributed by atoms with E-state index in [2.05, 4.69) is 330 Å². The van der Waals surface area contributed by atoms with Crippen LogP contribution in [0.15, 0.2) is 48.5 Å². The average molecular weight is 1600 g/mol. The van der Waals surface area contributed by atoms with E-state index in [0.29, 0.717) is 0 Å². The highest BCUT2D eigenvalue weighted by Gasteiger charge is 2.72. The number of rotatable bonds is 34. The number of aliphatic hydroxyl groups is 2. The van der Waals surface area contributed by atoms with Gasteiger partial charge in [0, 0.05) is 10.8 Å². The van der Waals surface area contributed by atoms with Crippen LogP contribution >= 0.6 is 17.2 Å². The van der Waals surface area contributed by atoms with Gasteiger partial charge in [0.05, 0.1) is 18.6 Å². The highest BCUT2D eigenvalue weighted by molar-refractivity contribution is 7.53. The second-order valence-corrected chi connectivity index (χ2v) is 45.1. The van der Waals surface area contributed by atoms with Crippen molar-refractivity contribution in [2.45, 2.75) is 456 Å². The second kappa shape index (κ2) is 35.9. The first-order valence-electron chi connectivity index (χ1n) is 43.6. The molecule has 0 radical (unpaired) electrons. The molecule has 4 unspecified atom stereocenters. The van der Waals surface area contributed by atoms with E-state index in [9.17, 15) is 10.2 Å². The van der Waals surface area contributed by atoms with Crippen molar-refractivity contribution in [3.05, 3.63) is 138 Å². The molecule has 2 heterocycles. The lowest BCUT2D eigenvalue weighted by Gasteiger charge is -2.65. The van der Waals surface area contributed by atoms with Crippen LogP contribution in [0, 0.1) is 16.2 Å².